The van der Waals surface area contributed by atoms with E-state index in [1.165, 1.54) is 18.5 Å². The molecule has 0 amide bonds. The van der Waals surface area contributed by atoms with Gasteiger partial charge in [0.1, 0.15) is 5.82 Å². The number of rotatable bonds is 2. The standard InChI is InChI=1S/C10H7FN2O/c11-9-4-1-8(2-5-9)3-6-10-13-12-7-14-10/h1-7H. The summed E-state index contributed by atoms with van der Waals surface area (Å²) >= 11 is 0. The predicted molar refractivity (Wildman–Crippen MR) is 49.6 cm³/mol. The molecule has 0 atom stereocenters. The zero-order valence-electron chi connectivity index (χ0n) is 7.22. The molecule has 0 saturated carbocycles. The fourth-order valence-corrected chi connectivity index (χ4v) is 0.996. The van der Waals surface area contributed by atoms with E-state index in [0.717, 1.165) is 5.56 Å². The molecule has 0 unspecified atom stereocenters. The molecule has 1 heterocycles. The van der Waals surface area contributed by atoms with Gasteiger partial charge in [-0.15, -0.1) is 10.2 Å². The Morgan fingerprint density at radius 3 is 2.57 bits per heavy atom. The smallest absolute Gasteiger partial charge is 0.240 e. The van der Waals surface area contributed by atoms with Gasteiger partial charge in [0.2, 0.25) is 12.3 Å². The SMILES string of the molecule is Fc1ccc(C=Cc2nnco2)cc1. The van der Waals surface area contributed by atoms with Gasteiger partial charge < -0.3 is 4.42 Å². The van der Waals surface area contributed by atoms with E-state index in [-0.39, 0.29) is 5.82 Å². The van der Waals surface area contributed by atoms with Gasteiger partial charge in [-0.25, -0.2) is 4.39 Å². The molecule has 0 bridgehead atoms. The van der Waals surface area contributed by atoms with Crippen LogP contribution in [-0.2, 0) is 0 Å². The molecule has 4 heteroatoms. The fraction of sp³-hybridized carbons (Fsp3) is 0. The molecule has 1 aromatic carbocycles. The first kappa shape index (κ1) is 8.62. The minimum atomic E-state index is -0.250. The van der Waals surface area contributed by atoms with E-state index in [1.807, 2.05) is 0 Å². The molecule has 0 fully saturated rings. The van der Waals surface area contributed by atoms with E-state index in [4.69, 9.17) is 4.42 Å². The van der Waals surface area contributed by atoms with Gasteiger partial charge in [0.05, 0.1) is 0 Å². The van der Waals surface area contributed by atoms with Crippen LogP contribution in [-0.4, -0.2) is 10.2 Å². The predicted octanol–water partition coefficient (Wildman–Crippen LogP) is 2.38. The maximum absolute atomic E-state index is 12.5. The van der Waals surface area contributed by atoms with Gasteiger partial charge in [-0.05, 0) is 23.8 Å². The summed E-state index contributed by atoms with van der Waals surface area (Å²) in [6.45, 7) is 0. The third-order valence-corrected chi connectivity index (χ3v) is 1.67. The van der Waals surface area contributed by atoms with Crippen LogP contribution in [0.4, 0.5) is 4.39 Å². The van der Waals surface area contributed by atoms with Crippen molar-refractivity contribution >= 4 is 12.2 Å². The second kappa shape index (κ2) is 3.83. The third-order valence-electron chi connectivity index (χ3n) is 1.67. The molecule has 0 radical (unpaired) electrons. The highest BCUT2D eigenvalue weighted by molar-refractivity contribution is 5.65. The van der Waals surface area contributed by atoms with Crippen LogP contribution in [0.2, 0.25) is 0 Å². The van der Waals surface area contributed by atoms with Gasteiger partial charge in [0.15, 0.2) is 0 Å². The Labute approximate surface area is 79.9 Å². The Kier molecular flexibility index (Phi) is 2.36. The molecule has 0 saturated heterocycles. The van der Waals surface area contributed by atoms with Crippen molar-refractivity contribution in [3.8, 4) is 0 Å². The fourth-order valence-electron chi connectivity index (χ4n) is 0.996. The Morgan fingerprint density at radius 2 is 1.93 bits per heavy atom. The Balaban J connectivity index is 2.15. The maximum Gasteiger partial charge on any atom is 0.240 e. The summed E-state index contributed by atoms with van der Waals surface area (Å²) in [4.78, 5) is 0. The molecule has 0 aliphatic carbocycles. The third kappa shape index (κ3) is 2.04. The first-order valence-corrected chi connectivity index (χ1v) is 4.04. The number of hydrogen-bond donors (Lipinski definition) is 0. The van der Waals surface area contributed by atoms with E-state index in [2.05, 4.69) is 10.2 Å². The van der Waals surface area contributed by atoms with Crippen LogP contribution < -0.4 is 0 Å². The summed E-state index contributed by atoms with van der Waals surface area (Å²) in [5.74, 6) is 0.175. The molecular weight excluding hydrogens is 183 g/mol. The summed E-state index contributed by atoms with van der Waals surface area (Å²) in [6, 6.07) is 6.13. The highest BCUT2D eigenvalue weighted by atomic mass is 19.1. The number of hydrogen-bond acceptors (Lipinski definition) is 3. The lowest BCUT2D eigenvalue weighted by Gasteiger charge is -1.90. The van der Waals surface area contributed by atoms with Gasteiger partial charge in [0, 0.05) is 6.08 Å². The lowest BCUT2D eigenvalue weighted by atomic mass is 10.2. The first-order valence-electron chi connectivity index (χ1n) is 4.04. The van der Waals surface area contributed by atoms with Gasteiger partial charge in [0.25, 0.3) is 0 Å². The molecular formula is C10H7FN2O. The average Bonchev–Trinajstić information content (AvgIpc) is 2.70. The molecule has 0 N–H and O–H groups in total. The maximum atomic E-state index is 12.5. The number of nitrogens with zero attached hydrogens (tertiary/aromatic N) is 2. The normalized spacial score (nSPS) is 10.9. The summed E-state index contributed by atoms with van der Waals surface area (Å²) in [5.41, 5.74) is 0.879. The molecule has 3 nitrogen and oxygen atoms in total. The molecule has 0 aliphatic rings. The lowest BCUT2D eigenvalue weighted by Crippen LogP contribution is -1.75. The quantitative estimate of drug-likeness (QED) is 0.729. The molecule has 2 rings (SSSR count). The first-order chi connectivity index (χ1) is 6.84. The van der Waals surface area contributed by atoms with E-state index in [9.17, 15) is 4.39 Å². The van der Waals surface area contributed by atoms with Crippen molar-refractivity contribution in [3.63, 3.8) is 0 Å². The number of benzene rings is 1. The van der Waals surface area contributed by atoms with Crippen molar-refractivity contribution in [3.05, 3.63) is 47.9 Å². The summed E-state index contributed by atoms with van der Waals surface area (Å²) in [5, 5.41) is 7.19. The largest absolute Gasteiger partial charge is 0.424 e. The zero-order chi connectivity index (χ0) is 9.80. The van der Waals surface area contributed by atoms with Crippen LogP contribution in [0.3, 0.4) is 0 Å². The topological polar surface area (TPSA) is 38.9 Å². The van der Waals surface area contributed by atoms with Gasteiger partial charge in [-0.2, -0.15) is 0 Å². The lowest BCUT2D eigenvalue weighted by molar-refractivity contribution is 0.543. The van der Waals surface area contributed by atoms with Crippen LogP contribution in [0.5, 0.6) is 0 Å². The second-order valence-corrected chi connectivity index (χ2v) is 2.66. The van der Waals surface area contributed by atoms with Crippen LogP contribution in [0.25, 0.3) is 12.2 Å². The minimum absolute atomic E-state index is 0.250. The highest BCUT2D eigenvalue weighted by Gasteiger charge is 1.92. The van der Waals surface area contributed by atoms with E-state index < -0.39 is 0 Å². The molecule has 1 aromatic heterocycles. The monoisotopic (exact) mass is 190 g/mol. The Morgan fingerprint density at radius 1 is 1.14 bits per heavy atom. The van der Waals surface area contributed by atoms with Crippen molar-refractivity contribution < 1.29 is 8.81 Å². The van der Waals surface area contributed by atoms with Crippen LogP contribution in [0, 0.1) is 5.82 Å². The summed E-state index contributed by atoms with van der Waals surface area (Å²) < 4.78 is 17.4. The van der Waals surface area contributed by atoms with E-state index in [0.29, 0.717) is 5.89 Å². The minimum Gasteiger partial charge on any atom is -0.424 e. The van der Waals surface area contributed by atoms with Gasteiger partial charge in [-0.1, -0.05) is 12.1 Å². The zero-order valence-corrected chi connectivity index (χ0v) is 7.22. The van der Waals surface area contributed by atoms with E-state index >= 15 is 0 Å². The van der Waals surface area contributed by atoms with Gasteiger partial charge in [-0.3, -0.25) is 0 Å². The van der Waals surface area contributed by atoms with Crippen molar-refractivity contribution in [1.29, 1.82) is 0 Å². The number of halogens is 1. The number of aromatic nitrogens is 2. The second-order valence-electron chi connectivity index (χ2n) is 2.66. The molecule has 0 spiro atoms. The van der Waals surface area contributed by atoms with Crippen LogP contribution in [0.1, 0.15) is 11.5 Å². The molecule has 70 valence electrons. The van der Waals surface area contributed by atoms with Gasteiger partial charge >= 0.3 is 0 Å². The Hall–Kier alpha value is -1.97. The van der Waals surface area contributed by atoms with Crippen molar-refractivity contribution in [1.82, 2.24) is 10.2 Å². The highest BCUT2D eigenvalue weighted by Crippen LogP contribution is 2.07. The Bertz CT molecular complexity index is 420. The van der Waals surface area contributed by atoms with Crippen LogP contribution >= 0.6 is 0 Å². The van der Waals surface area contributed by atoms with Crippen molar-refractivity contribution in [2.45, 2.75) is 0 Å². The molecule has 0 aliphatic heterocycles. The van der Waals surface area contributed by atoms with Crippen LogP contribution in [0.15, 0.2) is 35.1 Å². The van der Waals surface area contributed by atoms with Crippen molar-refractivity contribution in [2.75, 3.05) is 0 Å². The average molecular weight is 190 g/mol. The molecule has 2 aromatic rings. The molecule has 14 heavy (non-hydrogen) atoms. The van der Waals surface area contributed by atoms with Crippen molar-refractivity contribution in [2.24, 2.45) is 0 Å². The summed E-state index contributed by atoms with van der Waals surface area (Å²) in [7, 11) is 0. The summed E-state index contributed by atoms with van der Waals surface area (Å²) in [6.07, 6.45) is 4.69. The van der Waals surface area contributed by atoms with E-state index in [1.54, 1.807) is 24.3 Å².